The van der Waals surface area contributed by atoms with E-state index in [1.165, 1.54) is 18.3 Å². The fourth-order valence-electron chi connectivity index (χ4n) is 3.78. The second kappa shape index (κ2) is 11.9. The highest BCUT2D eigenvalue weighted by Crippen LogP contribution is 2.27. The number of aromatic nitrogens is 1. The second-order valence-corrected chi connectivity index (χ2v) is 9.44. The Morgan fingerprint density at radius 2 is 1.94 bits per heavy atom. The SMILES string of the molecule is CC(C)NC(=O)N(C)C[C@H]1Oc2ncc(C#Cc3ccc(F)cc3)cc2C(=O)N([C@H](C)CO)C[C@@H]1C. The number of ether oxygens (including phenoxy) is 1. The molecule has 2 N–H and O–H groups in total. The van der Waals surface area contributed by atoms with E-state index >= 15 is 0 Å². The van der Waals surface area contributed by atoms with E-state index in [9.17, 15) is 19.1 Å². The predicted molar refractivity (Wildman–Crippen MR) is 134 cm³/mol. The number of amides is 3. The molecule has 0 fully saturated rings. The molecule has 0 saturated heterocycles. The number of nitrogens with zero attached hydrogens (tertiary/aromatic N) is 3. The lowest BCUT2D eigenvalue weighted by Crippen LogP contribution is -2.51. The Hall–Kier alpha value is -3.64. The number of aliphatic hydroxyl groups excluding tert-OH is 1. The van der Waals surface area contributed by atoms with Crippen molar-refractivity contribution in [3.8, 4) is 17.7 Å². The molecular weight excluding hydrogens is 463 g/mol. The molecule has 8 nitrogen and oxygen atoms in total. The molecule has 0 aliphatic carbocycles. The van der Waals surface area contributed by atoms with Crippen LogP contribution in [0.4, 0.5) is 9.18 Å². The van der Waals surface area contributed by atoms with E-state index in [-0.39, 0.29) is 54.3 Å². The first kappa shape index (κ1) is 27.0. The lowest BCUT2D eigenvalue weighted by molar-refractivity contribution is 0.0351. The maximum absolute atomic E-state index is 13.5. The quantitative estimate of drug-likeness (QED) is 0.621. The zero-order valence-electron chi connectivity index (χ0n) is 21.3. The van der Waals surface area contributed by atoms with Crippen LogP contribution in [0, 0.1) is 23.6 Å². The maximum Gasteiger partial charge on any atom is 0.317 e. The summed E-state index contributed by atoms with van der Waals surface area (Å²) < 4.78 is 19.4. The minimum Gasteiger partial charge on any atom is -0.472 e. The molecule has 9 heteroatoms. The van der Waals surface area contributed by atoms with Crippen LogP contribution in [0.5, 0.6) is 5.88 Å². The Bertz CT molecular complexity index is 1140. The van der Waals surface area contributed by atoms with Gasteiger partial charge in [0.05, 0.1) is 19.2 Å². The molecule has 192 valence electrons. The molecule has 36 heavy (non-hydrogen) atoms. The minimum atomic E-state index is -0.447. The number of carbonyl (C=O) groups is 2. The van der Waals surface area contributed by atoms with E-state index in [1.807, 2.05) is 20.8 Å². The summed E-state index contributed by atoms with van der Waals surface area (Å²) in [6, 6.07) is 6.75. The summed E-state index contributed by atoms with van der Waals surface area (Å²) in [5, 5.41) is 12.7. The normalized spacial score (nSPS) is 18.2. The Kier molecular flexibility index (Phi) is 8.88. The van der Waals surface area contributed by atoms with E-state index in [0.29, 0.717) is 17.7 Å². The van der Waals surface area contributed by atoms with Gasteiger partial charge < -0.3 is 25.0 Å². The van der Waals surface area contributed by atoms with E-state index < -0.39 is 12.1 Å². The number of urea groups is 1. The van der Waals surface area contributed by atoms with Crippen molar-refractivity contribution < 1.29 is 23.8 Å². The average molecular weight is 497 g/mol. The summed E-state index contributed by atoms with van der Waals surface area (Å²) in [5.41, 5.74) is 1.34. The zero-order valence-corrected chi connectivity index (χ0v) is 21.3. The van der Waals surface area contributed by atoms with Crippen LogP contribution in [0.15, 0.2) is 36.5 Å². The summed E-state index contributed by atoms with van der Waals surface area (Å²) in [4.78, 5) is 33.5. The van der Waals surface area contributed by atoms with E-state index in [1.54, 1.807) is 42.0 Å². The van der Waals surface area contributed by atoms with Crippen molar-refractivity contribution in [3.05, 3.63) is 59.0 Å². The highest BCUT2D eigenvalue weighted by molar-refractivity contribution is 5.97. The molecule has 3 amide bonds. The van der Waals surface area contributed by atoms with E-state index in [0.717, 1.165) is 0 Å². The topological polar surface area (TPSA) is 95.0 Å². The van der Waals surface area contributed by atoms with Crippen LogP contribution >= 0.6 is 0 Å². The third kappa shape index (κ3) is 6.73. The van der Waals surface area contributed by atoms with Gasteiger partial charge in [0.2, 0.25) is 5.88 Å². The summed E-state index contributed by atoms with van der Waals surface area (Å²) in [6.45, 7) is 7.90. The van der Waals surface area contributed by atoms with Gasteiger partial charge in [0.1, 0.15) is 17.5 Å². The van der Waals surface area contributed by atoms with Gasteiger partial charge in [0.25, 0.3) is 5.91 Å². The Balaban J connectivity index is 1.95. The number of benzene rings is 1. The smallest absolute Gasteiger partial charge is 0.317 e. The fraction of sp³-hybridized carbons (Fsp3) is 0.444. The van der Waals surface area contributed by atoms with Gasteiger partial charge in [-0.1, -0.05) is 18.8 Å². The predicted octanol–water partition coefficient (Wildman–Crippen LogP) is 2.89. The number of hydrogen-bond donors (Lipinski definition) is 2. The number of hydrogen-bond acceptors (Lipinski definition) is 5. The number of fused-ring (bicyclic) bond motifs is 1. The molecule has 0 spiro atoms. The van der Waals surface area contributed by atoms with Gasteiger partial charge in [-0.05, 0) is 51.1 Å². The molecule has 0 bridgehead atoms. The molecule has 1 aliphatic heterocycles. The summed E-state index contributed by atoms with van der Waals surface area (Å²) in [7, 11) is 1.69. The average Bonchev–Trinajstić information content (AvgIpc) is 2.84. The van der Waals surface area contributed by atoms with Crippen molar-refractivity contribution >= 4 is 11.9 Å². The van der Waals surface area contributed by atoms with Gasteiger partial charge in [-0.25, -0.2) is 14.2 Å². The van der Waals surface area contributed by atoms with Crippen LogP contribution in [-0.4, -0.2) is 76.8 Å². The summed E-state index contributed by atoms with van der Waals surface area (Å²) in [6.07, 6.45) is 1.07. The van der Waals surface area contributed by atoms with Crippen molar-refractivity contribution in [3.63, 3.8) is 0 Å². The highest BCUT2D eigenvalue weighted by atomic mass is 19.1. The van der Waals surface area contributed by atoms with Crippen molar-refractivity contribution in [2.75, 3.05) is 26.7 Å². The van der Waals surface area contributed by atoms with Crippen molar-refractivity contribution in [1.29, 1.82) is 0 Å². The number of pyridine rings is 1. The Morgan fingerprint density at radius 1 is 1.28 bits per heavy atom. The van der Waals surface area contributed by atoms with Crippen LogP contribution in [-0.2, 0) is 0 Å². The zero-order chi connectivity index (χ0) is 26.4. The van der Waals surface area contributed by atoms with Gasteiger partial charge >= 0.3 is 6.03 Å². The maximum atomic E-state index is 13.5. The van der Waals surface area contributed by atoms with Crippen LogP contribution in [0.1, 0.15) is 49.2 Å². The Morgan fingerprint density at radius 3 is 2.58 bits per heavy atom. The van der Waals surface area contributed by atoms with Gasteiger partial charge in [0, 0.05) is 42.9 Å². The minimum absolute atomic E-state index is 0.00836. The monoisotopic (exact) mass is 496 g/mol. The number of likely N-dealkylation sites (N-methyl/N-ethyl adjacent to an activating group) is 1. The van der Waals surface area contributed by atoms with Crippen molar-refractivity contribution in [2.45, 2.75) is 45.9 Å². The third-order valence-corrected chi connectivity index (χ3v) is 5.93. The number of halogens is 1. The number of aliphatic hydroxyl groups is 1. The molecule has 2 heterocycles. The van der Waals surface area contributed by atoms with Gasteiger partial charge in [-0.15, -0.1) is 0 Å². The number of carbonyl (C=O) groups excluding carboxylic acids is 2. The lowest BCUT2D eigenvalue weighted by Gasteiger charge is -2.37. The van der Waals surface area contributed by atoms with Gasteiger partial charge in [-0.2, -0.15) is 0 Å². The van der Waals surface area contributed by atoms with Crippen LogP contribution < -0.4 is 10.1 Å². The summed E-state index contributed by atoms with van der Waals surface area (Å²) in [5.74, 6) is 5.23. The van der Waals surface area contributed by atoms with Gasteiger partial charge in [0.15, 0.2) is 0 Å². The van der Waals surface area contributed by atoms with Gasteiger partial charge in [-0.3, -0.25) is 4.79 Å². The Labute approximate surface area is 211 Å². The van der Waals surface area contributed by atoms with Crippen LogP contribution in [0.2, 0.25) is 0 Å². The first-order valence-corrected chi connectivity index (χ1v) is 12.0. The molecule has 0 radical (unpaired) electrons. The largest absolute Gasteiger partial charge is 0.472 e. The fourth-order valence-corrected chi connectivity index (χ4v) is 3.78. The second-order valence-electron chi connectivity index (χ2n) is 9.44. The molecule has 3 atom stereocenters. The molecule has 1 aliphatic rings. The first-order chi connectivity index (χ1) is 17.1. The van der Waals surface area contributed by atoms with Crippen molar-refractivity contribution in [1.82, 2.24) is 20.1 Å². The first-order valence-electron chi connectivity index (χ1n) is 12.0. The van der Waals surface area contributed by atoms with Crippen molar-refractivity contribution in [2.24, 2.45) is 5.92 Å². The molecule has 0 saturated carbocycles. The molecule has 1 aromatic heterocycles. The lowest BCUT2D eigenvalue weighted by atomic mass is 10.00. The van der Waals surface area contributed by atoms with Crippen LogP contribution in [0.3, 0.4) is 0 Å². The summed E-state index contributed by atoms with van der Waals surface area (Å²) >= 11 is 0. The molecular formula is C27H33FN4O4. The number of nitrogens with one attached hydrogen (secondary N) is 1. The number of rotatable bonds is 5. The standard InChI is InChI=1S/C27H33FN4O4/c1-17(2)30-27(35)31(5)15-24-18(3)14-32(19(4)16-33)26(34)23-12-21(13-29-25(23)36-24)7-6-20-8-10-22(28)11-9-20/h8-13,17-19,24,33H,14-16H2,1-5H3,(H,30,35)/t18-,19+,24+/m0/s1. The third-order valence-electron chi connectivity index (χ3n) is 5.93. The van der Waals surface area contributed by atoms with E-state index in [4.69, 9.17) is 4.74 Å². The molecule has 1 aromatic carbocycles. The van der Waals surface area contributed by atoms with E-state index in [2.05, 4.69) is 22.1 Å². The molecule has 2 aromatic rings. The van der Waals surface area contributed by atoms with Crippen LogP contribution in [0.25, 0.3) is 0 Å². The highest BCUT2D eigenvalue weighted by Gasteiger charge is 2.34. The molecule has 0 unspecified atom stereocenters. The molecule has 3 rings (SSSR count).